The maximum Gasteiger partial charge on any atom is 0.410 e. The van der Waals surface area contributed by atoms with E-state index in [4.69, 9.17) is 9.84 Å². The van der Waals surface area contributed by atoms with Gasteiger partial charge in [0.1, 0.15) is 19.2 Å². The highest BCUT2D eigenvalue weighted by Gasteiger charge is 2.37. The first kappa shape index (κ1) is 13.8. The normalized spacial score (nSPS) is 17.7. The fraction of sp³-hybridized carbons (Fsp3) is 0.333. The number of aliphatic carboxylic acids is 1. The Bertz CT molecular complexity index is 519. The number of ether oxygens (including phenoxy) is 1. The number of carbonyl (C=O) groups excluding carboxylic acids is 2. The molecular formula is C12H13N3O5. The first-order valence-electron chi connectivity index (χ1n) is 5.89. The van der Waals surface area contributed by atoms with Gasteiger partial charge in [0, 0.05) is 12.4 Å². The summed E-state index contributed by atoms with van der Waals surface area (Å²) in [7, 11) is 0. The maximum absolute atomic E-state index is 11.8. The van der Waals surface area contributed by atoms with Crippen LogP contribution in [0.1, 0.15) is 5.56 Å². The van der Waals surface area contributed by atoms with Crippen molar-refractivity contribution in [2.24, 2.45) is 0 Å². The van der Waals surface area contributed by atoms with Gasteiger partial charge in [-0.3, -0.25) is 19.5 Å². The van der Waals surface area contributed by atoms with Gasteiger partial charge in [0.25, 0.3) is 0 Å². The van der Waals surface area contributed by atoms with Gasteiger partial charge in [-0.05, 0) is 17.7 Å². The van der Waals surface area contributed by atoms with E-state index in [0.29, 0.717) is 0 Å². The second-order valence-corrected chi connectivity index (χ2v) is 4.19. The number of amides is 2. The molecule has 20 heavy (non-hydrogen) atoms. The second-order valence-electron chi connectivity index (χ2n) is 4.19. The van der Waals surface area contributed by atoms with E-state index in [2.05, 4.69) is 10.3 Å². The molecule has 2 N–H and O–H groups in total. The van der Waals surface area contributed by atoms with Crippen LogP contribution >= 0.6 is 0 Å². The van der Waals surface area contributed by atoms with Crippen molar-refractivity contribution in [1.82, 2.24) is 15.2 Å². The third-order valence-corrected chi connectivity index (χ3v) is 2.79. The largest absolute Gasteiger partial charge is 0.480 e. The Balaban J connectivity index is 2.03. The van der Waals surface area contributed by atoms with Crippen molar-refractivity contribution in [1.29, 1.82) is 0 Å². The first-order valence-corrected chi connectivity index (χ1v) is 5.89. The molecule has 1 fully saturated rings. The van der Waals surface area contributed by atoms with Crippen LogP contribution in [0, 0.1) is 0 Å². The van der Waals surface area contributed by atoms with E-state index in [-0.39, 0.29) is 13.2 Å². The summed E-state index contributed by atoms with van der Waals surface area (Å²) in [5.41, 5.74) is 0.801. The number of nitrogens with zero attached hydrogens (tertiary/aromatic N) is 2. The lowest BCUT2D eigenvalue weighted by Gasteiger charge is -2.20. The molecule has 0 bridgehead atoms. The van der Waals surface area contributed by atoms with Gasteiger partial charge in [-0.15, -0.1) is 0 Å². The van der Waals surface area contributed by atoms with E-state index in [0.717, 1.165) is 5.56 Å². The summed E-state index contributed by atoms with van der Waals surface area (Å²) in [5.74, 6) is -1.70. The number of carbonyl (C=O) groups is 3. The maximum atomic E-state index is 11.8. The molecule has 106 valence electrons. The lowest BCUT2D eigenvalue weighted by Crippen LogP contribution is -2.46. The molecule has 1 saturated heterocycles. The van der Waals surface area contributed by atoms with Crippen LogP contribution in [-0.2, 0) is 20.9 Å². The number of hydrogen-bond donors (Lipinski definition) is 2. The van der Waals surface area contributed by atoms with Gasteiger partial charge in [0.2, 0.25) is 5.91 Å². The highest BCUT2D eigenvalue weighted by Crippen LogP contribution is 2.16. The van der Waals surface area contributed by atoms with E-state index in [9.17, 15) is 14.4 Å². The number of hydrogen-bond acceptors (Lipinski definition) is 5. The van der Waals surface area contributed by atoms with Gasteiger partial charge in [-0.2, -0.15) is 0 Å². The zero-order chi connectivity index (χ0) is 14.5. The SMILES string of the molecule is O=C(O)CNC(=O)[C@@H]1COC(=O)N1Cc1ccncc1. The smallest absolute Gasteiger partial charge is 0.410 e. The average Bonchev–Trinajstić information content (AvgIpc) is 2.79. The number of carboxylic acid groups (broad SMARTS) is 1. The Morgan fingerprint density at radius 3 is 2.80 bits per heavy atom. The standard InChI is InChI=1S/C12H13N3O5/c16-10(17)5-14-11(18)9-7-20-12(19)15(9)6-8-1-3-13-4-2-8/h1-4,9H,5-7H2,(H,14,18)(H,16,17)/t9-/m0/s1. The Morgan fingerprint density at radius 1 is 1.45 bits per heavy atom. The van der Waals surface area contributed by atoms with E-state index in [1.165, 1.54) is 4.90 Å². The zero-order valence-corrected chi connectivity index (χ0v) is 10.5. The minimum Gasteiger partial charge on any atom is -0.480 e. The van der Waals surface area contributed by atoms with Gasteiger partial charge >= 0.3 is 12.1 Å². The summed E-state index contributed by atoms with van der Waals surface area (Å²) in [5, 5.41) is 10.8. The molecule has 2 amide bonds. The van der Waals surface area contributed by atoms with E-state index < -0.39 is 30.6 Å². The Morgan fingerprint density at radius 2 is 2.15 bits per heavy atom. The molecule has 1 aliphatic rings. The molecule has 1 atom stereocenters. The van der Waals surface area contributed by atoms with Crippen LogP contribution in [0.4, 0.5) is 4.79 Å². The summed E-state index contributed by atoms with van der Waals surface area (Å²) < 4.78 is 4.84. The molecule has 1 aromatic heterocycles. The number of nitrogens with one attached hydrogen (secondary N) is 1. The second kappa shape index (κ2) is 6.00. The molecule has 0 spiro atoms. The number of cyclic esters (lactones) is 1. The molecule has 8 nitrogen and oxygen atoms in total. The molecule has 0 radical (unpaired) electrons. The molecule has 0 aliphatic carbocycles. The Labute approximate surface area is 114 Å². The number of pyridine rings is 1. The van der Waals surface area contributed by atoms with Gasteiger partial charge in [0.05, 0.1) is 6.54 Å². The van der Waals surface area contributed by atoms with Crippen LogP contribution < -0.4 is 5.32 Å². The summed E-state index contributed by atoms with van der Waals surface area (Å²) in [4.78, 5) is 39.0. The first-order chi connectivity index (χ1) is 9.58. The minimum absolute atomic E-state index is 0.0879. The van der Waals surface area contributed by atoms with E-state index in [1.807, 2.05) is 0 Å². The molecule has 0 aromatic carbocycles. The summed E-state index contributed by atoms with van der Waals surface area (Å²) in [6.07, 6.45) is 2.56. The van der Waals surface area contributed by atoms with Crippen LogP contribution in [0.5, 0.6) is 0 Å². The van der Waals surface area contributed by atoms with Crippen LogP contribution in [0.15, 0.2) is 24.5 Å². The van der Waals surface area contributed by atoms with Crippen molar-refractivity contribution in [2.45, 2.75) is 12.6 Å². The lowest BCUT2D eigenvalue weighted by atomic mass is 10.2. The summed E-state index contributed by atoms with van der Waals surface area (Å²) in [6, 6.07) is 2.62. The monoisotopic (exact) mass is 279 g/mol. The fourth-order valence-corrected chi connectivity index (χ4v) is 1.81. The van der Waals surface area contributed by atoms with Crippen molar-refractivity contribution in [2.75, 3.05) is 13.2 Å². The predicted molar refractivity (Wildman–Crippen MR) is 65.6 cm³/mol. The predicted octanol–water partition coefficient (Wildman–Crippen LogP) is -0.397. The van der Waals surface area contributed by atoms with E-state index >= 15 is 0 Å². The quantitative estimate of drug-likeness (QED) is 0.759. The summed E-state index contributed by atoms with van der Waals surface area (Å²) in [6.45, 7) is -0.380. The number of carboxylic acids is 1. The Hall–Kier alpha value is -2.64. The highest BCUT2D eigenvalue weighted by molar-refractivity contribution is 5.89. The summed E-state index contributed by atoms with van der Waals surface area (Å²) >= 11 is 0. The minimum atomic E-state index is -1.15. The number of aromatic nitrogens is 1. The van der Waals surface area contributed by atoms with Crippen molar-refractivity contribution in [3.8, 4) is 0 Å². The van der Waals surface area contributed by atoms with Gasteiger partial charge in [0.15, 0.2) is 0 Å². The molecule has 1 aromatic rings. The van der Waals surface area contributed by atoms with E-state index in [1.54, 1.807) is 24.5 Å². The van der Waals surface area contributed by atoms with Gasteiger partial charge in [-0.1, -0.05) is 0 Å². The van der Waals surface area contributed by atoms with Crippen molar-refractivity contribution in [3.63, 3.8) is 0 Å². The van der Waals surface area contributed by atoms with Gasteiger partial charge < -0.3 is 15.2 Å². The Kier molecular flexibility index (Phi) is 4.14. The highest BCUT2D eigenvalue weighted by atomic mass is 16.6. The van der Waals surface area contributed by atoms with Crippen molar-refractivity contribution in [3.05, 3.63) is 30.1 Å². The van der Waals surface area contributed by atoms with Crippen LogP contribution in [0.2, 0.25) is 0 Å². The number of rotatable bonds is 5. The van der Waals surface area contributed by atoms with Crippen molar-refractivity contribution >= 4 is 18.0 Å². The van der Waals surface area contributed by atoms with Crippen LogP contribution in [-0.4, -0.2) is 52.2 Å². The molecule has 2 rings (SSSR count). The lowest BCUT2D eigenvalue weighted by molar-refractivity contribution is -0.138. The average molecular weight is 279 g/mol. The third kappa shape index (κ3) is 3.22. The van der Waals surface area contributed by atoms with Crippen molar-refractivity contribution < 1.29 is 24.2 Å². The van der Waals surface area contributed by atoms with Crippen LogP contribution in [0.25, 0.3) is 0 Å². The van der Waals surface area contributed by atoms with Crippen LogP contribution in [0.3, 0.4) is 0 Å². The van der Waals surface area contributed by atoms with Gasteiger partial charge in [-0.25, -0.2) is 4.79 Å². The third-order valence-electron chi connectivity index (χ3n) is 2.79. The molecule has 1 aliphatic heterocycles. The zero-order valence-electron chi connectivity index (χ0n) is 10.5. The fourth-order valence-electron chi connectivity index (χ4n) is 1.81. The molecule has 0 saturated carbocycles. The topological polar surface area (TPSA) is 109 Å². The molecule has 8 heteroatoms. The molecule has 0 unspecified atom stereocenters. The molecular weight excluding hydrogens is 266 g/mol. The molecule has 2 heterocycles.